The van der Waals surface area contributed by atoms with Crippen LogP contribution in [0.15, 0.2) is 24.5 Å². The Bertz CT molecular complexity index is 463. The van der Waals surface area contributed by atoms with Gasteiger partial charge in [-0.3, -0.25) is 14.6 Å². The highest BCUT2D eigenvalue weighted by molar-refractivity contribution is 5.94. The molecule has 22 heavy (non-hydrogen) atoms. The smallest absolute Gasteiger partial charge is 0.307 e. The highest BCUT2D eigenvalue weighted by Gasteiger charge is 2.17. The minimum absolute atomic E-state index is 0.101. The maximum absolute atomic E-state index is 12.5. The third kappa shape index (κ3) is 6.67. The predicted molar refractivity (Wildman–Crippen MR) is 84.6 cm³/mol. The van der Waals surface area contributed by atoms with E-state index in [1.54, 1.807) is 36.4 Å². The van der Waals surface area contributed by atoms with Gasteiger partial charge < -0.3 is 14.5 Å². The standard InChI is InChI=1S/C16H25N3O3/c1-4-22-15(20)8-12-19(11-6-10-18(2)3)16(21)14-7-5-9-17-13-14/h5,7,9,13H,4,6,8,10-12H2,1-3H3. The fraction of sp³-hybridized carbons (Fsp3) is 0.562. The van der Waals surface area contributed by atoms with Crippen molar-refractivity contribution in [3.05, 3.63) is 30.1 Å². The number of hydrogen-bond donors (Lipinski definition) is 0. The average Bonchev–Trinajstić information content (AvgIpc) is 2.51. The summed E-state index contributed by atoms with van der Waals surface area (Å²) in [5.41, 5.74) is 0.538. The van der Waals surface area contributed by atoms with Gasteiger partial charge in [-0.05, 0) is 46.1 Å². The van der Waals surface area contributed by atoms with Crippen molar-refractivity contribution in [1.29, 1.82) is 0 Å². The SMILES string of the molecule is CCOC(=O)CCN(CCCN(C)C)C(=O)c1cccnc1. The van der Waals surface area contributed by atoms with Gasteiger partial charge in [0.25, 0.3) is 5.91 Å². The van der Waals surface area contributed by atoms with Crippen molar-refractivity contribution < 1.29 is 14.3 Å². The summed E-state index contributed by atoms with van der Waals surface area (Å²) in [5.74, 6) is -0.379. The molecule has 1 amide bonds. The van der Waals surface area contributed by atoms with E-state index in [1.165, 1.54) is 0 Å². The van der Waals surface area contributed by atoms with E-state index in [0.717, 1.165) is 13.0 Å². The normalized spacial score (nSPS) is 10.5. The predicted octanol–water partition coefficient (Wildman–Crippen LogP) is 1.43. The molecule has 1 heterocycles. The molecular weight excluding hydrogens is 282 g/mol. The molecule has 1 rings (SSSR count). The Morgan fingerprint density at radius 2 is 2.00 bits per heavy atom. The van der Waals surface area contributed by atoms with E-state index in [9.17, 15) is 9.59 Å². The minimum atomic E-state index is -0.279. The summed E-state index contributed by atoms with van der Waals surface area (Å²) in [6.07, 6.45) is 4.24. The van der Waals surface area contributed by atoms with Crippen molar-refractivity contribution >= 4 is 11.9 Å². The summed E-state index contributed by atoms with van der Waals surface area (Å²) in [6.45, 7) is 3.98. The van der Waals surface area contributed by atoms with Crippen LogP contribution in [0.3, 0.4) is 0 Å². The van der Waals surface area contributed by atoms with Crippen LogP contribution in [0.1, 0.15) is 30.1 Å². The number of esters is 1. The highest BCUT2D eigenvalue weighted by Crippen LogP contribution is 2.06. The van der Waals surface area contributed by atoms with Crippen molar-refractivity contribution in [1.82, 2.24) is 14.8 Å². The molecule has 0 bridgehead atoms. The van der Waals surface area contributed by atoms with Gasteiger partial charge in [0.1, 0.15) is 0 Å². The second kappa shape index (κ2) is 9.89. The van der Waals surface area contributed by atoms with Gasteiger partial charge in [0.05, 0.1) is 18.6 Å². The summed E-state index contributed by atoms with van der Waals surface area (Å²) in [6, 6.07) is 3.47. The number of ether oxygens (including phenoxy) is 1. The number of pyridine rings is 1. The number of rotatable bonds is 9. The van der Waals surface area contributed by atoms with E-state index >= 15 is 0 Å². The first-order chi connectivity index (χ1) is 10.5. The molecule has 6 heteroatoms. The third-order valence-electron chi connectivity index (χ3n) is 3.12. The number of carbonyl (C=O) groups excluding carboxylic acids is 2. The topological polar surface area (TPSA) is 62.7 Å². The summed E-state index contributed by atoms with van der Waals surface area (Å²) in [4.78, 5) is 31.8. The first kappa shape index (κ1) is 18.1. The largest absolute Gasteiger partial charge is 0.466 e. The van der Waals surface area contributed by atoms with Crippen LogP contribution >= 0.6 is 0 Å². The molecule has 0 saturated carbocycles. The van der Waals surface area contributed by atoms with Gasteiger partial charge in [0.2, 0.25) is 0 Å². The molecule has 0 spiro atoms. The van der Waals surface area contributed by atoms with Gasteiger partial charge in [0, 0.05) is 25.5 Å². The van der Waals surface area contributed by atoms with Crippen molar-refractivity contribution in [2.24, 2.45) is 0 Å². The van der Waals surface area contributed by atoms with E-state index in [-0.39, 0.29) is 18.3 Å². The van der Waals surface area contributed by atoms with Crippen LogP contribution in [0, 0.1) is 0 Å². The zero-order valence-corrected chi connectivity index (χ0v) is 13.6. The Morgan fingerprint density at radius 1 is 1.23 bits per heavy atom. The van der Waals surface area contributed by atoms with E-state index in [0.29, 0.717) is 25.3 Å². The van der Waals surface area contributed by atoms with Crippen LogP contribution in [0.2, 0.25) is 0 Å². The molecular formula is C16H25N3O3. The lowest BCUT2D eigenvalue weighted by Gasteiger charge is -2.23. The Kier molecular flexibility index (Phi) is 8.14. The maximum atomic E-state index is 12.5. The molecule has 1 aromatic rings. The Balaban J connectivity index is 2.64. The van der Waals surface area contributed by atoms with Crippen LogP contribution in [-0.2, 0) is 9.53 Å². The van der Waals surface area contributed by atoms with Crippen LogP contribution in [0.4, 0.5) is 0 Å². The average molecular weight is 307 g/mol. The minimum Gasteiger partial charge on any atom is -0.466 e. The van der Waals surface area contributed by atoms with E-state index in [1.807, 2.05) is 14.1 Å². The molecule has 0 radical (unpaired) electrons. The summed E-state index contributed by atoms with van der Waals surface area (Å²) < 4.78 is 4.92. The quantitative estimate of drug-likeness (QED) is 0.646. The molecule has 0 N–H and O–H groups in total. The van der Waals surface area contributed by atoms with Crippen LogP contribution in [-0.4, -0.2) is 67.0 Å². The first-order valence-electron chi connectivity index (χ1n) is 7.54. The number of nitrogens with zero attached hydrogens (tertiary/aromatic N) is 3. The molecule has 1 aromatic heterocycles. The number of hydrogen-bond acceptors (Lipinski definition) is 5. The third-order valence-corrected chi connectivity index (χ3v) is 3.12. The van der Waals surface area contributed by atoms with Crippen LogP contribution in [0.25, 0.3) is 0 Å². The van der Waals surface area contributed by atoms with E-state index in [2.05, 4.69) is 9.88 Å². The Morgan fingerprint density at radius 3 is 2.59 bits per heavy atom. The molecule has 0 unspecified atom stereocenters. The molecule has 0 saturated heterocycles. The maximum Gasteiger partial charge on any atom is 0.307 e. The zero-order chi connectivity index (χ0) is 16.4. The van der Waals surface area contributed by atoms with Crippen LogP contribution < -0.4 is 0 Å². The van der Waals surface area contributed by atoms with Gasteiger partial charge in [-0.2, -0.15) is 0 Å². The van der Waals surface area contributed by atoms with Crippen molar-refractivity contribution in [2.45, 2.75) is 19.8 Å². The monoisotopic (exact) mass is 307 g/mol. The van der Waals surface area contributed by atoms with Crippen molar-refractivity contribution in [2.75, 3.05) is 40.3 Å². The highest BCUT2D eigenvalue weighted by atomic mass is 16.5. The second-order valence-corrected chi connectivity index (χ2v) is 5.25. The molecule has 0 fully saturated rings. The lowest BCUT2D eigenvalue weighted by Crippen LogP contribution is -2.35. The Hall–Kier alpha value is -1.95. The van der Waals surface area contributed by atoms with Gasteiger partial charge in [-0.15, -0.1) is 0 Å². The second-order valence-electron chi connectivity index (χ2n) is 5.25. The summed E-state index contributed by atoms with van der Waals surface area (Å²) in [7, 11) is 3.98. The van der Waals surface area contributed by atoms with Crippen LogP contribution in [0.5, 0.6) is 0 Å². The van der Waals surface area contributed by atoms with Gasteiger partial charge in [0.15, 0.2) is 0 Å². The lowest BCUT2D eigenvalue weighted by atomic mass is 10.2. The van der Waals surface area contributed by atoms with Gasteiger partial charge in [-0.25, -0.2) is 0 Å². The number of carbonyl (C=O) groups is 2. The van der Waals surface area contributed by atoms with Gasteiger partial charge >= 0.3 is 5.97 Å². The molecule has 6 nitrogen and oxygen atoms in total. The number of aromatic nitrogens is 1. The van der Waals surface area contributed by atoms with E-state index in [4.69, 9.17) is 4.74 Å². The fourth-order valence-electron chi connectivity index (χ4n) is 2.02. The Labute approximate surface area is 132 Å². The summed E-state index contributed by atoms with van der Waals surface area (Å²) in [5, 5.41) is 0. The first-order valence-corrected chi connectivity index (χ1v) is 7.54. The van der Waals surface area contributed by atoms with Crippen molar-refractivity contribution in [3.63, 3.8) is 0 Å². The lowest BCUT2D eigenvalue weighted by molar-refractivity contribution is -0.143. The molecule has 122 valence electrons. The molecule has 0 aromatic carbocycles. The molecule has 0 atom stereocenters. The number of amides is 1. The molecule has 0 aliphatic heterocycles. The van der Waals surface area contributed by atoms with E-state index < -0.39 is 0 Å². The van der Waals surface area contributed by atoms with Crippen molar-refractivity contribution in [3.8, 4) is 0 Å². The van der Waals surface area contributed by atoms with Gasteiger partial charge in [-0.1, -0.05) is 0 Å². The zero-order valence-electron chi connectivity index (χ0n) is 13.6. The summed E-state index contributed by atoms with van der Waals surface area (Å²) >= 11 is 0. The molecule has 0 aliphatic carbocycles. The molecule has 0 aliphatic rings. The fourth-order valence-corrected chi connectivity index (χ4v) is 2.02.